The van der Waals surface area contributed by atoms with Crippen LogP contribution in [0.3, 0.4) is 0 Å². The molecule has 0 fully saturated rings. The van der Waals surface area contributed by atoms with Crippen molar-refractivity contribution >= 4 is 22.6 Å². The smallest absolute Gasteiger partial charge is 0.222 e. The molecule has 0 saturated carbocycles. The van der Waals surface area contributed by atoms with Crippen molar-refractivity contribution in [2.45, 2.75) is 5.50 Å². The van der Waals surface area contributed by atoms with Crippen LogP contribution in [0.15, 0.2) is 39.9 Å². The van der Waals surface area contributed by atoms with E-state index in [2.05, 4.69) is 5.18 Å². The standard InChI is InChI=1S/C9H6ClNO2/c10-9(11-12)8-5-6-3-1-2-4-7(6)13-8/h1-5,9H. The van der Waals surface area contributed by atoms with Crippen LogP contribution in [0.4, 0.5) is 0 Å². The van der Waals surface area contributed by atoms with Crippen molar-refractivity contribution in [1.82, 2.24) is 0 Å². The Kier molecular flexibility index (Phi) is 2.02. The molecule has 0 spiro atoms. The van der Waals surface area contributed by atoms with Gasteiger partial charge in [-0.15, -0.1) is 4.91 Å². The van der Waals surface area contributed by atoms with Gasteiger partial charge < -0.3 is 4.42 Å². The zero-order valence-electron chi connectivity index (χ0n) is 6.61. The number of rotatable bonds is 2. The summed E-state index contributed by atoms with van der Waals surface area (Å²) in [6.07, 6.45) is 0. The number of hydrogen-bond donors (Lipinski definition) is 0. The van der Waals surface area contributed by atoms with Crippen molar-refractivity contribution in [3.63, 3.8) is 0 Å². The zero-order chi connectivity index (χ0) is 9.26. The minimum Gasteiger partial charge on any atom is -0.457 e. The Morgan fingerprint density at radius 3 is 2.85 bits per heavy atom. The predicted octanol–water partition coefficient (Wildman–Crippen LogP) is 3.44. The van der Waals surface area contributed by atoms with Crippen LogP contribution in [-0.2, 0) is 0 Å². The summed E-state index contributed by atoms with van der Waals surface area (Å²) in [7, 11) is 0. The third-order valence-corrected chi connectivity index (χ3v) is 2.07. The van der Waals surface area contributed by atoms with E-state index in [4.69, 9.17) is 16.0 Å². The third-order valence-electron chi connectivity index (χ3n) is 1.77. The molecule has 1 atom stereocenters. The van der Waals surface area contributed by atoms with E-state index >= 15 is 0 Å². The molecule has 1 aromatic carbocycles. The molecule has 3 nitrogen and oxygen atoms in total. The van der Waals surface area contributed by atoms with E-state index in [1.807, 2.05) is 24.3 Å². The summed E-state index contributed by atoms with van der Waals surface area (Å²) in [6.45, 7) is 0. The molecule has 1 unspecified atom stereocenters. The first-order chi connectivity index (χ1) is 6.31. The molecule has 0 aliphatic heterocycles. The summed E-state index contributed by atoms with van der Waals surface area (Å²) >= 11 is 5.59. The van der Waals surface area contributed by atoms with Crippen molar-refractivity contribution in [3.05, 3.63) is 41.0 Å². The van der Waals surface area contributed by atoms with Crippen LogP contribution in [0.2, 0.25) is 0 Å². The minimum absolute atomic E-state index is 0.387. The quantitative estimate of drug-likeness (QED) is 0.419. The molecule has 1 aromatic heterocycles. The van der Waals surface area contributed by atoms with Gasteiger partial charge in [-0.25, -0.2) is 0 Å². The number of halogens is 1. The van der Waals surface area contributed by atoms with Gasteiger partial charge in [-0.1, -0.05) is 29.8 Å². The average Bonchev–Trinajstić information content (AvgIpc) is 2.59. The summed E-state index contributed by atoms with van der Waals surface area (Å²) in [5.74, 6) is 0.387. The number of nitroso groups, excluding NO2 is 1. The van der Waals surface area contributed by atoms with Gasteiger partial charge in [0.25, 0.3) is 0 Å². The second-order valence-electron chi connectivity index (χ2n) is 2.63. The van der Waals surface area contributed by atoms with Crippen LogP contribution < -0.4 is 0 Å². The van der Waals surface area contributed by atoms with E-state index in [-0.39, 0.29) is 0 Å². The monoisotopic (exact) mass is 195 g/mol. The van der Waals surface area contributed by atoms with Gasteiger partial charge in [-0.3, -0.25) is 0 Å². The Morgan fingerprint density at radius 1 is 1.38 bits per heavy atom. The van der Waals surface area contributed by atoms with Crippen molar-refractivity contribution in [1.29, 1.82) is 0 Å². The lowest BCUT2D eigenvalue weighted by Gasteiger charge is -1.91. The molecule has 13 heavy (non-hydrogen) atoms. The van der Waals surface area contributed by atoms with Gasteiger partial charge in [-0.05, 0) is 17.3 Å². The maximum absolute atomic E-state index is 10.1. The van der Waals surface area contributed by atoms with Gasteiger partial charge in [0.15, 0.2) is 0 Å². The Hall–Kier alpha value is -1.35. The lowest BCUT2D eigenvalue weighted by atomic mass is 10.2. The van der Waals surface area contributed by atoms with Gasteiger partial charge >= 0.3 is 0 Å². The lowest BCUT2D eigenvalue weighted by molar-refractivity contribution is 0.545. The largest absolute Gasteiger partial charge is 0.457 e. The molecule has 2 rings (SSSR count). The molecule has 0 aliphatic rings. The first-order valence-electron chi connectivity index (χ1n) is 3.76. The molecule has 0 N–H and O–H groups in total. The topological polar surface area (TPSA) is 42.6 Å². The van der Waals surface area contributed by atoms with Crippen molar-refractivity contribution in [2.75, 3.05) is 0 Å². The van der Waals surface area contributed by atoms with E-state index in [1.54, 1.807) is 6.07 Å². The first kappa shape index (κ1) is 8.26. The minimum atomic E-state index is -0.938. The molecule has 1 heterocycles. The summed E-state index contributed by atoms with van der Waals surface area (Å²) in [5, 5.41) is 3.60. The highest BCUT2D eigenvalue weighted by molar-refractivity contribution is 6.20. The first-order valence-corrected chi connectivity index (χ1v) is 4.20. The Bertz CT molecular complexity index is 405. The number of alkyl halides is 1. The summed E-state index contributed by atoms with van der Waals surface area (Å²) in [6, 6.07) is 9.16. The van der Waals surface area contributed by atoms with Crippen LogP contribution in [0.1, 0.15) is 11.3 Å². The van der Waals surface area contributed by atoms with Crippen LogP contribution in [0.25, 0.3) is 11.0 Å². The Balaban J connectivity index is 2.55. The highest BCUT2D eigenvalue weighted by atomic mass is 35.5. The van der Waals surface area contributed by atoms with E-state index in [0.717, 1.165) is 5.39 Å². The highest BCUT2D eigenvalue weighted by Gasteiger charge is 2.12. The number of fused-ring (bicyclic) bond motifs is 1. The van der Waals surface area contributed by atoms with Gasteiger partial charge in [0.1, 0.15) is 11.3 Å². The second-order valence-corrected chi connectivity index (χ2v) is 3.04. The average molecular weight is 196 g/mol. The van der Waals surface area contributed by atoms with Crippen molar-refractivity contribution in [3.8, 4) is 0 Å². The Labute approximate surface area is 79.3 Å². The normalized spacial score (nSPS) is 13.0. The van der Waals surface area contributed by atoms with E-state index in [9.17, 15) is 4.91 Å². The number of nitrogens with zero attached hydrogens (tertiary/aromatic N) is 1. The van der Waals surface area contributed by atoms with Crippen molar-refractivity contribution in [2.24, 2.45) is 5.18 Å². The maximum atomic E-state index is 10.1. The molecule has 0 aliphatic carbocycles. The molecule has 2 aromatic rings. The van der Waals surface area contributed by atoms with Crippen LogP contribution in [0, 0.1) is 4.91 Å². The third kappa shape index (κ3) is 1.42. The fourth-order valence-corrected chi connectivity index (χ4v) is 1.28. The SMILES string of the molecule is O=NC(Cl)c1cc2ccccc2o1. The molecule has 0 radical (unpaired) electrons. The van der Waals surface area contributed by atoms with Crippen LogP contribution in [0.5, 0.6) is 0 Å². The lowest BCUT2D eigenvalue weighted by Crippen LogP contribution is -1.78. The number of furan rings is 1. The van der Waals surface area contributed by atoms with Crippen LogP contribution in [-0.4, -0.2) is 0 Å². The van der Waals surface area contributed by atoms with Crippen LogP contribution >= 0.6 is 11.6 Å². The van der Waals surface area contributed by atoms with Gasteiger partial charge in [0.05, 0.1) is 0 Å². The molecular formula is C9H6ClNO2. The molecule has 0 saturated heterocycles. The summed E-state index contributed by atoms with van der Waals surface area (Å²) in [5.41, 5.74) is -0.223. The van der Waals surface area contributed by atoms with Gasteiger partial charge in [0.2, 0.25) is 5.50 Å². The summed E-state index contributed by atoms with van der Waals surface area (Å²) < 4.78 is 5.30. The van der Waals surface area contributed by atoms with Crippen molar-refractivity contribution < 1.29 is 4.42 Å². The fraction of sp³-hybridized carbons (Fsp3) is 0.111. The Morgan fingerprint density at radius 2 is 2.15 bits per heavy atom. The number of hydrogen-bond acceptors (Lipinski definition) is 3. The van der Waals surface area contributed by atoms with E-state index < -0.39 is 5.50 Å². The number of para-hydroxylation sites is 1. The molecular weight excluding hydrogens is 190 g/mol. The fourth-order valence-electron chi connectivity index (χ4n) is 1.17. The molecule has 0 bridgehead atoms. The highest BCUT2D eigenvalue weighted by Crippen LogP contribution is 2.27. The second kappa shape index (κ2) is 3.18. The molecule has 66 valence electrons. The van der Waals surface area contributed by atoms with E-state index in [1.165, 1.54) is 0 Å². The molecule has 4 heteroatoms. The predicted molar refractivity (Wildman–Crippen MR) is 50.6 cm³/mol. The van der Waals surface area contributed by atoms with Gasteiger partial charge in [0, 0.05) is 5.39 Å². The molecule has 0 amide bonds. The zero-order valence-corrected chi connectivity index (χ0v) is 7.36. The maximum Gasteiger partial charge on any atom is 0.222 e. The van der Waals surface area contributed by atoms with E-state index in [0.29, 0.717) is 11.3 Å². The van der Waals surface area contributed by atoms with Gasteiger partial charge in [-0.2, -0.15) is 0 Å². The number of benzene rings is 1. The summed E-state index contributed by atoms with van der Waals surface area (Å²) in [4.78, 5) is 10.1.